The van der Waals surface area contributed by atoms with Gasteiger partial charge in [-0.25, -0.2) is 0 Å². The van der Waals surface area contributed by atoms with Crippen LogP contribution >= 0.6 is 0 Å². The molecule has 0 spiro atoms. The van der Waals surface area contributed by atoms with Gasteiger partial charge < -0.3 is 5.11 Å². The van der Waals surface area contributed by atoms with Crippen molar-refractivity contribution in [3.05, 3.63) is 12.7 Å². The number of hydrogen-bond donors (Lipinski definition) is 1. The average Bonchev–Trinajstić information content (AvgIpc) is 2.91. The Bertz CT molecular complexity index is 554. The van der Waals surface area contributed by atoms with Gasteiger partial charge in [0.2, 0.25) is 0 Å². The minimum absolute atomic E-state index is 0.391. The fourth-order valence-corrected chi connectivity index (χ4v) is 8.21. The predicted octanol–water partition coefficient (Wildman–Crippen LogP) is 5.92. The van der Waals surface area contributed by atoms with Crippen molar-refractivity contribution in [1.29, 1.82) is 0 Å². The highest BCUT2D eigenvalue weighted by Crippen LogP contribution is 2.67. The predicted molar refractivity (Wildman–Crippen MR) is 101 cm³/mol. The molecule has 0 aliphatic heterocycles. The Hall–Kier alpha value is -0.790. The maximum atomic E-state index is 11.1. The molecule has 0 radical (unpaired) electrons. The molecule has 25 heavy (non-hydrogen) atoms. The zero-order chi connectivity index (χ0) is 17.8. The summed E-state index contributed by atoms with van der Waals surface area (Å²) >= 11 is 0. The summed E-state index contributed by atoms with van der Waals surface area (Å²) in [5.74, 6) is 4.04. The number of carbonyl (C=O) groups is 1. The van der Waals surface area contributed by atoms with E-state index in [0.717, 1.165) is 36.0 Å². The molecule has 1 N–H and O–H groups in total. The van der Waals surface area contributed by atoms with Crippen LogP contribution in [0.2, 0.25) is 0 Å². The third-order valence-electron chi connectivity index (χ3n) is 9.60. The molecular weight excluding hydrogens is 308 g/mol. The normalized spacial score (nSPS) is 51.9. The van der Waals surface area contributed by atoms with Crippen molar-refractivity contribution in [3.63, 3.8) is 0 Å². The van der Waals surface area contributed by atoms with E-state index < -0.39 is 5.97 Å². The van der Waals surface area contributed by atoms with Crippen molar-refractivity contribution in [3.8, 4) is 0 Å². The molecule has 0 saturated heterocycles. The number of allylic oxidation sites excluding steroid dienone is 1. The molecule has 8 atom stereocenters. The second-order valence-electron chi connectivity index (χ2n) is 10.4. The molecular formula is C23H36O2. The fraction of sp³-hybridized carbons (Fsp3) is 0.870. The fourth-order valence-electron chi connectivity index (χ4n) is 8.21. The summed E-state index contributed by atoms with van der Waals surface area (Å²) < 4.78 is 0. The van der Waals surface area contributed by atoms with Crippen molar-refractivity contribution >= 4 is 5.97 Å². The zero-order valence-corrected chi connectivity index (χ0v) is 16.2. The van der Waals surface area contributed by atoms with Crippen LogP contribution in [0.4, 0.5) is 0 Å². The summed E-state index contributed by atoms with van der Waals surface area (Å²) in [6.45, 7) is 9.28. The minimum Gasteiger partial charge on any atom is -0.481 e. The highest BCUT2D eigenvalue weighted by molar-refractivity contribution is 5.67. The van der Waals surface area contributed by atoms with Crippen LogP contribution in [0, 0.1) is 46.3 Å². The van der Waals surface area contributed by atoms with Crippen molar-refractivity contribution in [2.45, 2.75) is 78.1 Å². The van der Waals surface area contributed by atoms with E-state index in [-0.39, 0.29) is 0 Å². The molecule has 2 nitrogen and oxygen atoms in total. The molecule has 140 valence electrons. The van der Waals surface area contributed by atoms with E-state index in [9.17, 15) is 9.90 Å². The van der Waals surface area contributed by atoms with Crippen molar-refractivity contribution < 1.29 is 9.90 Å². The molecule has 4 rings (SSSR count). The number of rotatable bonds is 3. The maximum absolute atomic E-state index is 11.1. The van der Waals surface area contributed by atoms with Gasteiger partial charge in [-0.05, 0) is 104 Å². The van der Waals surface area contributed by atoms with Crippen LogP contribution in [0.1, 0.15) is 78.1 Å². The smallest absolute Gasteiger partial charge is 0.303 e. The van der Waals surface area contributed by atoms with Crippen molar-refractivity contribution in [2.24, 2.45) is 46.3 Å². The number of hydrogen-bond acceptors (Lipinski definition) is 1. The van der Waals surface area contributed by atoms with E-state index in [1.165, 1.54) is 51.4 Å². The molecule has 0 aromatic rings. The maximum Gasteiger partial charge on any atom is 0.303 e. The van der Waals surface area contributed by atoms with Gasteiger partial charge in [0, 0.05) is 6.42 Å². The van der Waals surface area contributed by atoms with Gasteiger partial charge in [0.05, 0.1) is 0 Å². The second kappa shape index (κ2) is 6.13. The van der Waals surface area contributed by atoms with E-state index in [1.807, 2.05) is 0 Å². The third kappa shape index (κ3) is 2.61. The Morgan fingerprint density at radius 1 is 1.04 bits per heavy atom. The second-order valence-corrected chi connectivity index (χ2v) is 10.4. The minimum atomic E-state index is -0.600. The third-order valence-corrected chi connectivity index (χ3v) is 9.60. The van der Waals surface area contributed by atoms with Crippen LogP contribution in [0.25, 0.3) is 0 Å². The molecule has 0 bridgehead atoms. The lowest BCUT2D eigenvalue weighted by Crippen LogP contribution is -2.53. The Labute approximate surface area is 153 Å². The van der Waals surface area contributed by atoms with Gasteiger partial charge in [-0.2, -0.15) is 0 Å². The molecule has 4 aliphatic carbocycles. The largest absolute Gasteiger partial charge is 0.481 e. The Kier molecular flexibility index (Phi) is 4.32. The van der Waals surface area contributed by atoms with Gasteiger partial charge in [0.25, 0.3) is 0 Å². The van der Waals surface area contributed by atoms with Crippen LogP contribution in [0.15, 0.2) is 12.7 Å². The van der Waals surface area contributed by atoms with E-state index in [0.29, 0.717) is 23.2 Å². The quantitative estimate of drug-likeness (QED) is 0.645. The number of fused-ring (bicyclic) bond motifs is 5. The molecule has 0 heterocycles. The van der Waals surface area contributed by atoms with Crippen molar-refractivity contribution in [1.82, 2.24) is 0 Å². The highest BCUT2D eigenvalue weighted by atomic mass is 16.4. The van der Waals surface area contributed by atoms with Gasteiger partial charge in [0.15, 0.2) is 0 Å². The van der Waals surface area contributed by atoms with Gasteiger partial charge in [-0.15, -0.1) is 6.58 Å². The number of carboxylic acids is 1. The lowest BCUT2D eigenvalue weighted by Gasteiger charge is -2.61. The van der Waals surface area contributed by atoms with Gasteiger partial charge >= 0.3 is 5.97 Å². The summed E-state index contributed by atoms with van der Waals surface area (Å²) in [6, 6.07) is 0. The molecule has 0 aromatic heterocycles. The summed E-state index contributed by atoms with van der Waals surface area (Å²) in [7, 11) is 0. The monoisotopic (exact) mass is 344 g/mol. The SMILES string of the molecule is C=C[C@H]1CCC2C3CC[C@H]4CC(CC(=O)O)CC[C@]4(C)C3CC[C@@]21C. The topological polar surface area (TPSA) is 37.3 Å². The first kappa shape index (κ1) is 17.6. The number of carboxylic acid groups (broad SMARTS) is 1. The van der Waals surface area contributed by atoms with Gasteiger partial charge in [0.1, 0.15) is 0 Å². The summed E-state index contributed by atoms with van der Waals surface area (Å²) in [5.41, 5.74) is 0.984. The summed E-state index contributed by atoms with van der Waals surface area (Å²) in [6.07, 6.45) is 14.5. The standard InChI is InChI=1S/C23H36O2/c1-4-16-6-8-19-18-7-5-17-13-15(14-21(24)25)9-11-23(17,3)20(18)10-12-22(16,19)2/h4,15-20H,1,5-14H2,2-3H3,(H,24,25)/t15?,16-,17-,18?,19?,20?,22+,23-/m0/s1. The first-order chi connectivity index (χ1) is 11.9. The van der Waals surface area contributed by atoms with E-state index in [2.05, 4.69) is 26.5 Å². The molecule has 0 aromatic carbocycles. The Morgan fingerprint density at radius 3 is 2.48 bits per heavy atom. The van der Waals surface area contributed by atoms with Crippen LogP contribution < -0.4 is 0 Å². The van der Waals surface area contributed by atoms with Crippen LogP contribution in [-0.2, 0) is 4.79 Å². The molecule has 4 fully saturated rings. The zero-order valence-electron chi connectivity index (χ0n) is 16.2. The van der Waals surface area contributed by atoms with Crippen molar-refractivity contribution in [2.75, 3.05) is 0 Å². The Morgan fingerprint density at radius 2 is 1.76 bits per heavy atom. The van der Waals surface area contributed by atoms with E-state index in [4.69, 9.17) is 0 Å². The lowest BCUT2D eigenvalue weighted by molar-refractivity contribution is -0.141. The van der Waals surface area contributed by atoms with Crippen LogP contribution in [0.5, 0.6) is 0 Å². The average molecular weight is 345 g/mol. The van der Waals surface area contributed by atoms with E-state index >= 15 is 0 Å². The Balaban J connectivity index is 1.53. The lowest BCUT2D eigenvalue weighted by atomic mass is 9.44. The first-order valence-electron chi connectivity index (χ1n) is 10.7. The van der Waals surface area contributed by atoms with E-state index in [1.54, 1.807) is 0 Å². The molecule has 4 aliphatic rings. The van der Waals surface area contributed by atoms with Gasteiger partial charge in [-0.3, -0.25) is 4.79 Å². The molecule has 4 saturated carbocycles. The van der Waals surface area contributed by atoms with Gasteiger partial charge in [-0.1, -0.05) is 19.9 Å². The summed E-state index contributed by atoms with van der Waals surface area (Å²) in [5, 5.41) is 9.18. The molecule has 0 amide bonds. The number of aliphatic carboxylic acids is 1. The van der Waals surface area contributed by atoms with Crippen LogP contribution in [-0.4, -0.2) is 11.1 Å². The van der Waals surface area contributed by atoms with Crippen LogP contribution in [0.3, 0.4) is 0 Å². The molecule has 2 heteroatoms. The highest BCUT2D eigenvalue weighted by Gasteiger charge is 2.59. The summed E-state index contributed by atoms with van der Waals surface area (Å²) in [4.78, 5) is 11.1. The molecule has 4 unspecified atom stereocenters. The first-order valence-corrected chi connectivity index (χ1v) is 10.7.